The van der Waals surface area contributed by atoms with Gasteiger partial charge in [0.1, 0.15) is 0 Å². The highest BCUT2D eigenvalue weighted by Crippen LogP contribution is 2.22. The lowest BCUT2D eigenvalue weighted by Gasteiger charge is -2.36. The van der Waals surface area contributed by atoms with E-state index in [1.165, 1.54) is 0 Å². The maximum Gasteiger partial charge on any atom is 0.214 e. The lowest BCUT2D eigenvalue weighted by molar-refractivity contribution is 0.0997. The fraction of sp³-hybridized carbons (Fsp3) is 0.545. The van der Waals surface area contributed by atoms with E-state index >= 15 is 0 Å². The molecule has 2 rings (SSSR count). The number of hydrogen-bond acceptors (Lipinski definition) is 4. The maximum atomic E-state index is 5.93. The molecule has 4 nitrogen and oxygen atoms in total. The number of nitrogens with zero attached hydrogens (tertiary/aromatic N) is 2. The van der Waals surface area contributed by atoms with Crippen molar-refractivity contribution in [3.8, 4) is 5.88 Å². The molecule has 5 heteroatoms. The highest BCUT2D eigenvalue weighted by molar-refractivity contribution is 6.18. The van der Waals surface area contributed by atoms with Gasteiger partial charge in [0.2, 0.25) is 5.88 Å². The minimum absolute atomic E-state index is 0.225. The van der Waals surface area contributed by atoms with E-state index in [1.54, 1.807) is 13.3 Å². The summed E-state index contributed by atoms with van der Waals surface area (Å²) in [5.74, 6) is 1.18. The van der Waals surface area contributed by atoms with E-state index in [2.05, 4.69) is 9.88 Å². The van der Waals surface area contributed by atoms with E-state index in [0.717, 1.165) is 18.8 Å². The summed E-state index contributed by atoms with van der Waals surface area (Å²) in [6.07, 6.45) is 1.74. The predicted molar refractivity (Wildman–Crippen MR) is 63.5 cm³/mol. The van der Waals surface area contributed by atoms with Gasteiger partial charge in [-0.15, -0.1) is 11.6 Å². The number of aromatic nitrogens is 1. The lowest BCUT2D eigenvalue weighted by atomic mass is 10.2. The predicted octanol–water partition coefficient (Wildman–Crippen LogP) is 1.53. The van der Waals surface area contributed by atoms with Crippen molar-refractivity contribution in [1.82, 2.24) is 4.98 Å². The van der Waals surface area contributed by atoms with Gasteiger partial charge >= 0.3 is 0 Å². The average Bonchev–Trinajstić information content (AvgIpc) is 2.38. The van der Waals surface area contributed by atoms with Crippen LogP contribution in [0.15, 0.2) is 18.3 Å². The van der Waals surface area contributed by atoms with Crippen molar-refractivity contribution in [2.75, 3.05) is 37.6 Å². The Morgan fingerprint density at radius 2 is 2.56 bits per heavy atom. The minimum atomic E-state index is 0.225. The van der Waals surface area contributed by atoms with Crippen LogP contribution in [0.5, 0.6) is 5.88 Å². The van der Waals surface area contributed by atoms with E-state index in [-0.39, 0.29) is 6.04 Å². The second-order valence-corrected chi connectivity index (χ2v) is 3.94. The molecule has 88 valence electrons. The highest BCUT2D eigenvalue weighted by Gasteiger charge is 2.22. The van der Waals surface area contributed by atoms with Gasteiger partial charge in [0.25, 0.3) is 0 Å². The van der Waals surface area contributed by atoms with E-state index in [9.17, 15) is 0 Å². The van der Waals surface area contributed by atoms with Crippen LogP contribution in [-0.4, -0.2) is 43.8 Å². The topological polar surface area (TPSA) is 34.6 Å². The van der Waals surface area contributed by atoms with Gasteiger partial charge in [0, 0.05) is 30.4 Å². The molecule has 0 amide bonds. The Labute approximate surface area is 100 Å². The number of alkyl halides is 1. The number of anilines is 1. The Morgan fingerprint density at radius 1 is 1.69 bits per heavy atom. The Hall–Kier alpha value is -1.00. The number of ether oxygens (including phenoxy) is 2. The summed E-state index contributed by atoms with van der Waals surface area (Å²) in [6.45, 7) is 2.26. The highest BCUT2D eigenvalue weighted by atomic mass is 35.5. The van der Waals surface area contributed by atoms with Crippen molar-refractivity contribution < 1.29 is 9.47 Å². The van der Waals surface area contributed by atoms with Crippen molar-refractivity contribution in [3.63, 3.8) is 0 Å². The van der Waals surface area contributed by atoms with Crippen LogP contribution in [0.4, 0.5) is 5.69 Å². The third kappa shape index (κ3) is 2.39. The molecule has 1 fully saturated rings. The number of methoxy groups -OCH3 is 1. The van der Waals surface area contributed by atoms with Crippen molar-refractivity contribution in [1.29, 1.82) is 0 Å². The maximum absolute atomic E-state index is 5.93. The first-order valence-corrected chi connectivity index (χ1v) is 5.79. The molecule has 0 radical (unpaired) electrons. The summed E-state index contributed by atoms with van der Waals surface area (Å²) in [6, 6.07) is 4.11. The Balaban J connectivity index is 2.20. The van der Waals surface area contributed by atoms with Gasteiger partial charge in [-0.1, -0.05) is 0 Å². The SMILES string of the molecule is COc1cc(N2CCOCC2CCl)ccn1. The molecule has 1 aromatic heterocycles. The molecule has 1 atom stereocenters. The van der Waals surface area contributed by atoms with Gasteiger partial charge in [-0.05, 0) is 6.07 Å². The number of rotatable bonds is 3. The van der Waals surface area contributed by atoms with Crippen molar-refractivity contribution in [2.45, 2.75) is 6.04 Å². The summed E-state index contributed by atoms with van der Waals surface area (Å²) in [4.78, 5) is 6.33. The Morgan fingerprint density at radius 3 is 3.31 bits per heavy atom. The fourth-order valence-corrected chi connectivity index (χ4v) is 2.07. The minimum Gasteiger partial charge on any atom is -0.481 e. The zero-order valence-corrected chi connectivity index (χ0v) is 9.98. The third-order valence-corrected chi connectivity index (χ3v) is 3.02. The zero-order valence-electron chi connectivity index (χ0n) is 9.23. The normalized spacial score (nSPS) is 20.9. The summed E-state index contributed by atoms with van der Waals surface area (Å²) in [7, 11) is 1.62. The molecular formula is C11H15ClN2O2. The number of pyridine rings is 1. The fourth-order valence-electron chi connectivity index (χ4n) is 1.81. The summed E-state index contributed by atoms with van der Waals surface area (Å²) < 4.78 is 10.5. The van der Waals surface area contributed by atoms with Crippen LogP contribution in [-0.2, 0) is 4.74 Å². The lowest BCUT2D eigenvalue weighted by Crippen LogP contribution is -2.46. The van der Waals surface area contributed by atoms with Crippen molar-refractivity contribution in [2.24, 2.45) is 0 Å². The van der Waals surface area contributed by atoms with Crippen LogP contribution in [0.25, 0.3) is 0 Å². The second kappa shape index (κ2) is 5.37. The van der Waals surface area contributed by atoms with Gasteiger partial charge in [-0.3, -0.25) is 0 Å². The molecular weight excluding hydrogens is 228 g/mol. The molecule has 1 aromatic rings. The first kappa shape index (κ1) is 11.5. The third-order valence-electron chi connectivity index (χ3n) is 2.66. The average molecular weight is 243 g/mol. The quantitative estimate of drug-likeness (QED) is 0.753. The largest absolute Gasteiger partial charge is 0.481 e. The van der Waals surface area contributed by atoms with Gasteiger partial charge in [-0.2, -0.15) is 0 Å². The summed E-state index contributed by atoms with van der Waals surface area (Å²) >= 11 is 5.93. The standard InChI is InChI=1S/C11H15ClN2O2/c1-15-11-6-9(2-3-13-11)14-4-5-16-8-10(14)7-12/h2-3,6,10H,4-5,7-8H2,1H3. The smallest absolute Gasteiger partial charge is 0.214 e. The molecule has 0 N–H and O–H groups in total. The molecule has 1 aliphatic rings. The molecule has 1 aliphatic heterocycles. The molecule has 16 heavy (non-hydrogen) atoms. The summed E-state index contributed by atoms with van der Waals surface area (Å²) in [5, 5.41) is 0. The van der Waals surface area contributed by atoms with Gasteiger partial charge in [0.05, 0.1) is 26.4 Å². The van der Waals surface area contributed by atoms with Gasteiger partial charge in [-0.25, -0.2) is 4.98 Å². The van der Waals surface area contributed by atoms with E-state index < -0.39 is 0 Å². The van der Waals surface area contributed by atoms with Gasteiger partial charge in [0.15, 0.2) is 0 Å². The number of hydrogen-bond donors (Lipinski definition) is 0. The second-order valence-electron chi connectivity index (χ2n) is 3.63. The van der Waals surface area contributed by atoms with Crippen LogP contribution in [0, 0.1) is 0 Å². The monoisotopic (exact) mass is 242 g/mol. The molecule has 2 heterocycles. The zero-order chi connectivity index (χ0) is 11.4. The van der Waals surface area contributed by atoms with Crippen molar-refractivity contribution >= 4 is 17.3 Å². The van der Waals surface area contributed by atoms with E-state index in [4.69, 9.17) is 21.1 Å². The Bertz CT molecular complexity index is 349. The first-order valence-electron chi connectivity index (χ1n) is 5.25. The molecule has 1 saturated heterocycles. The summed E-state index contributed by atoms with van der Waals surface area (Å²) in [5.41, 5.74) is 1.08. The van der Waals surface area contributed by atoms with E-state index in [0.29, 0.717) is 18.4 Å². The van der Waals surface area contributed by atoms with E-state index in [1.807, 2.05) is 12.1 Å². The van der Waals surface area contributed by atoms with Crippen LogP contribution < -0.4 is 9.64 Å². The molecule has 0 saturated carbocycles. The molecule has 0 bridgehead atoms. The van der Waals surface area contributed by atoms with Crippen LogP contribution in [0.2, 0.25) is 0 Å². The van der Waals surface area contributed by atoms with Crippen molar-refractivity contribution in [3.05, 3.63) is 18.3 Å². The van der Waals surface area contributed by atoms with Gasteiger partial charge < -0.3 is 14.4 Å². The van der Waals surface area contributed by atoms with Crippen LogP contribution in [0.1, 0.15) is 0 Å². The first-order chi connectivity index (χ1) is 7.85. The molecule has 0 spiro atoms. The number of halogens is 1. The number of morpholine rings is 1. The molecule has 0 aromatic carbocycles. The molecule has 1 unspecified atom stereocenters. The Kier molecular flexibility index (Phi) is 3.85. The van der Waals surface area contributed by atoms with Crippen LogP contribution >= 0.6 is 11.6 Å². The van der Waals surface area contributed by atoms with Crippen LogP contribution in [0.3, 0.4) is 0 Å². The molecule has 0 aliphatic carbocycles.